The van der Waals surface area contributed by atoms with Crippen molar-refractivity contribution >= 4 is 28.7 Å². The third kappa shape index (κ3) is 4.06. The van der Waals surface area contributed by atoms with Gasteiger partial charge >= 0.3 is 0 Å². The molecule has 0 saturated heterocycles. The van der Waals surface area contributed by atoms with Crippen LogP contribution in [0.2, 0.25) is 0 Å². The van der Waals surface area contributed by atoms with Crippen LogP contribution in [0.25, 0.3) is 10.9 Å². The number of fused-ring (bicyclic) bond motifs is 2. The number of nitrogens with zero attached hydrogens (tertiary/aromatic N) is 1. The number of rotatable bonds is 6. The number of aromatic nitrogens is 1. The van der Waals surface area contributed by atoms with E-state index in [2.05, 4.69) is 20.8 Å². The number of hydrogen-bond acceptors (Lipinski definition) is 5. The van der Waals surface area contributed by atoms with E-state index in [9.17, 15) is 4.79 Å². The van der Waals surface area contributed by atoms with Crippen LogP contribution in [0.3, 0.4) is 0 Å². The lowest BCUT2D eigenvalue weighted by Gasteiger charge is -2.08. The molecule has 3 N–H and O–H groups in total. The lowest BCUT2D eigenvalue weighted by atomic mass is 10.1. The van der Waals surface area contributed by atoms with Crippen LogP contribution in [0.1, 0.15) is 21.5 Å². The predicted molar refractivity (Wildman–Crippen MR) is 120 cm³/mol. The smallest absolute Gasteiger partial charge is 0.271 e. The Hall–Kier alpha value is -4.26. The molecule has 154 valence electrons. The minimum atomic E-state index is -0.265. The van der Waals surface area contributed by atoms with Gasteiger partial charge in [-0.1, -0.05) is 24.3 Å². The number of carbonyl (C=O) groups is 1. The van der Waals surface area contributed by atoms with Crippen molar-refractivity contribution in [1.82, 2.24) is 10.4 Å². The van der Waals surface area contributed by atoms with Crippen LogP contribution in [-0.2, 0) is 6.54 Å². The van der Waals surface area contributed by atoms with Crippen LogP contribution in [0.5, 0.6) is 11.5 Å². The zero-order chi connectivity index (χ0) is 21.0. The molecule has 5 rings (SSSR count). The molecule has 0 unspecified atom stereocenters. The van der Waals surface area contributed by atoms with E-state index in [1.54, 1.807) is 18.3 Å². The molecule has 0 aliphatic carbocycles. The summed E-state index contributed by atoms with van der Waals surface area (Å²) >= 11 is 0. The topological polar surface area (TPSA) is 87.7 Å². The maximum atomic E-state index is 12.4. The van der Waals surface area contributed by atoms with Crippen molar-refractivity contribution in [2.45, 2.75) is 6.54 Å². The van der Waals surface area contributed by atoms with Crippen molar-refractivity contribution in [3.8, 4) is 11.5 Å². The van der Waals surface area contributed by atoms with Crippen molar-refractivity contribution in [3.63, 3.8) is 0 Å². The minimum absolute atomic E-state index is 0.265. The van der Waals surface area contributed by atoms with Gasteiger partial charge in [-0.2, -0.15) is 5.10 Å². The van der Waals surface area contributed by atoms with Crippen molar-refractivity contribution in [1.29, 1.82) is 0 Å². The zero-order valence-electron chi connectivity index (χ0n) is 16.6. The minimum Gasteiger partial charge on any atom is -0.454 e. The second-order valence-corrected chi connectivity index (χ2v) is 7.11. The Morgan fingerprint density at radius 1 is 1.03 bits per heavy atom. The third-order valence-corrected chi connectivity index (χ3v) is 5.07. The van der Waals surface area contributed by atoms with Crippen molar-refractivity contribution in [3.05, 3.63) is 89.6 Å². The highest BCUT2D eigenvalue weighted by molar-refractivity contribution is 6.00. The second kappa shape index (κ2) is 8.23. The molecule has 3 aromatic carbocycles. The summed E-state index contributed by atoms with van der Waals surface area (Å²) < 4.78 is 10.7. The zero-order valence-corrected chi connectivity index (χ0v) is 16.6. The summed E-state index contributed by atoms with van der Waals surface area (Å²) in [5.41, 5.74) is 7.04. The van der Waals surface area contributed by atoms with Gasteiger partial charge in [0.2, 0.25) is 6.79 Å². The molecule has 1 aliphatic heterocycles. The number of carbonyl (C=O) groups excluding carboxylic acids is 1. The van der Waals surface area contributed by atoms with Crippen LogP contribution < -0.4 is 20.2 Å². The van der Waals surface area contributed by atoms with E-state index in [0.717, 1.165) is 39.2 Å². The SMILES string of the molecule is O=C(NN=Cc1c[nH]c2ccccc12)c1ccc(NCc2ccc3c(c2)OCO3)cc1. The van der Waals surface area contributed by atoms with Gasteiger partial charge < -0.3 is 19.8 Å². The molecule has 1 aromatic heterocycles. The first-order chi connectivity index (χ1) is 15.3. The molecule has 0 bridgehead atoms. The number of para-hydroxylation sites is 1. The van der Waals surface area contributed by atoms with Crippen LogP contribution in [0.15, 0.2) is 78.0 Å². The molecular weight excluding hydrogens is 392 g/mol. The number of benzene rings is 3. The van der Waals surface area contributed by atoms with E-state index >= 15 is 0 Å². The first-order valence-corrected chi connectivity index (χ1v) is 9.88. The Morgan fingerprint density at radius 2 is 1.87 bits per heavy atom. The molecule has 4 aromatic rings. The Balaban J connectivity index is 1.17. The van der Waals surface area contributed by atoms with Crippen LogP contribution in [-0.4, -0.2) is 23.9 Å². The highest BCUT2D eigenvalue weighted by Crippen LogP contribution is 2.32. The standard InChI is InChI=1S/C24H20N4O3/c29-24(28-27-14-18-13-26-21-4-2-1-3-20(18)21)17-6-8-19(9-7-17)25-12-16-5-10-22-23(11-16)31-15-30-22/h1-11,13-14,25-26H,12,15H2,(H,28,29). The highest BCUT2D eigenvalue weighted by atomic mass is 16.7. The third-order valence-electron chi connectivity index (χ3n) is 5.07. The first kappa shape index (κ1) is 18.7. The largest absolute Gasteiger partial charge is 0.454 e. The number of nitrogens with one attached hydrogen (secondary N) is 3. The molecule has 7 nitrogen and oxygen atoms in total. The molecule has 2 heterocycles. The average molecular weight is 412 g/mol. The fraction of sp³-hybridized carbons (Fsp3) is 0.0833. The first-order valence-electron chi connectivity index (χ1n) is 9.88. The van der Waals surface area contributed by atoms with Crippen molar-refractivity contribution in [2.75, 3.05) is 12.1 Å². The normalized spacial score (nSPS) is 12.4. The Bertz CT molecular complexity index is 1260. The lowest BCUT2D eigenvalue weighted by Crippen LogP contribution is -2.17. The lowest BCUT2D eigenvalue weighted by molar-refractivity contribution is 0.0955. The Morgan fingerprint density at radius 3 is 2.77 bits per heavy atom. The molecule has 0 saturated carbocycles. The number of ether oxygens (including phenoxy) is 2. The maximum absolute atomic E-state index is 12.4. The predicted octanol–water partition coefficient (Wildman–Crippen LogP) is 4.27. The van der Waals surface area contributed by atoms with Gasteiger partial charge in [0, 0.05) is 40.5 Å². The summed E-state index contributed by atoms with van der Waals surface area (Å²) in [5.74, 6) is 1.27. The van der Waals surface area contributed by atoms with E-state index in [-0.39, 0.29) is 12.7 Å². The fourth-order valence-corrected chi connectivity index (χ4v) is 3.42. The number of H-pyrrole nitrogens is 1. The van der Waals surface area contributed by atoms with Gasteiger partial charge in [-0.3, -0.25) is 4.79 Å². The van der Waals surface area contributed by atoms with Gasteiger partial charge in [0.15, 0.2) is 11.5 Å². The molecule has 0 atom stereocenters. The van der Waals surface area contributed by atoms with Gasteiger partial charge in [0.1, 0.15) is 0 Å². The van der Waals surface area contributed by atoms with E-state index in [1.807, 2.05) is 60.8 Å². The summed E-state index contributed by atoms with van der Waals surface area (Å²) in [6.45, 7) is 0.901. The van der Waals surface area contributed by atoms with Gasteiger partial charge in [-0.05, 0) is 48.0 Å². The number of aromatic amines is 1. The number of hydrogen-bond donors (Lipinski definition) is 3. The molecule has 31 heavy (non-hydrogen) atoms. The van der Waals surface area contributed by atoms with Gasteiger partial charge in [-0.25, -0.2) is 5.43 Å². The van der Waals surface area contributed by atoms with Crippen LogP contribution in [0, 0.1) is 0 Å². The summed E-state index contributed by atoms with van der Waals surface area (Å²) in [7, 11) is 0. The monoisotopic (exact) mass is 412 g/mol. The fourth-order valence-electron chi connectivity index (χ4n) is 3.42. The average Bonchev–Trinajstić information content (AvgIpc) is 3.45. The van der Waals surface area contributed by atoms with E-state index < -0.39 is 0 Å². The quantitative estimate of drug-likeness (QED) is 0.326. The summed E-state index contributed by atoms with van der Waals surface area (Å²) in [4.78, 5) is 15.5. The number of hydrazone groups is 1. The van der Waals surface area contributed by atoms with Gasteiger partial charge in [0.25, 0.3) is 5.91 Å². The van der Waals surface area contributed by atoms with Gasteiger partial charge in [-0.15, -0.1) is 0 Å². The summed E-state index contributed by atoms with van der Waals surface area (Å²) in [6, 6.07) is 21.1. The second-order valence-electron chi connectivity index (χ2n) is 7.11. The maximum Gasteiger partial charge on any atom is 0.271 e. The number of amides is 1. The van der Waals surface area contributed by atoms with Crippen molar-refractivity contribution in [2.24, 2.45) is 5.10 Å². The van der Waals surface area contributed by atoms with E-state index in [0.29, 0.717) is 12.1 Å². The summed E-state index contributed by atoms with van der Waals surface area (Å²) in [6.07, 6.45) is 3.50. The Kier molecular flexibility index (Phi) is 4.98. The van der Waals surface area contributed by atoms with E-state index in [1.165, 1.54) is 0 Å². The molecule has 7 heteroatoms. The molecule has 0 radical (unpaired) electrons. The molecule has 0 spiro atoms. The molecule has 1 aliphatic rings. The van der Waals surface area contributed by atoms with E-state index in [4.69, 9.17) is 9.47 Å². The van der Waals surface area contributed by atoms with Crippen molar-refractivity contribution < 1.29 is 14.3 Å². The van der Waals surface area contributed by atoms with Crippen LogP contribution in [0.4, 0.5) is 5.69 Å². The highest BCUT2D eigenvalue weighted by Gasteiger charge is 2.13. The summed E-state index contributed by atoms with van der Waals surface area (Å²) in [5, 5.41) is 8.47. The molecular formula is C24H20N4O3. The van der Waals surface area contributed by atoms with Crippen LogP contribution >= 0.6 is 0 Å². The number of anilines is 1. The Labute approximate surface area is 178 Å². The van der Waals surface area contributed by atoms with Gasteiger partial charge in [0.05, 0.1) is 6.21 Å². The molecule has 1 amide bonds. The molecule has 0 fully saturated rings.